The molecule has 5 rings (SSSR count). The summed E-state index contributed by atoms with van der Waals surface area (Å²) in [5.74, 6) is 1.71. The normalized spacial score (nSPS) is 22.3. The minimum absolute atomic E-state index is 0.552. The molecular formula is C24H31N5OS2. The van der Waals surface area contributed by atoms with Gasteiger partial charge in [0.25, 0.3) is 0 Å². The van der Waals surface area contributed by atoms with Gasteiger partial charge in [-0.3, -0.25) is 4.79 Å². The van der Waals surface area contributed by atoms with E-state index in [1.54, 1.807) is 23.5 Å². The molecule has 0 aromatic carbocycles. The number of piperidine rings is 1. The number of fused-ring (bicyclic) bond motifs is 2. The van der Waals surface area contributed by atoms with Crippen LogP contribution in [0.15, 0.2) is 23.7 Å². The van der Waals surface area contributed by atoms with Crippen LogP contribution in [0.2, 0.25) is 0 Å². The Morgan fingerprint density at radius 3 is 2.50 bits per heavy atom. The van der Waals surface area contributed by atoms with E-state index in [9.17, 15) is 4.79 Å². The van der Waals surface area contributed by atoms with E-state index in [1.807, 2.05) is 19.2 Å². The third kappa shape index (κ3) is 5.24. The van der Waals surface area contributed by atoms with Crippen molar-refractivity contribution < 1.29 is 4.79 Å². The van der Waals surface area contributed by atoms with Crippen molar-refractivity contribution in [3.8, 4) is 10.6 Å². The topological polar surface area (TPSA) is 71.0 Å². The molecule has 2 aliphatic heterocycles. The van der Waals surface area contributed by atoms with Crippen LogP contribution in [-0.4, -0.2) is 45.3 Å². The van der Waals surface area contributed by atoms with E-state index >= 15 is 0 Å². The van der Waals surface area contributed by atoms with Crippen molar-refractivity contribution in [3.05, 3.63) is 40.0 Å². The van der Waals surface area contributed by atoms with Gasteiger partial charge in [-0.15, -0.1) is 22.7 Å². The molecule has 2 saturated heterocycles. The molecule has 1 unspecified atom stereocenters. The summed E-state index contributed by atoms with van der Waals surface area (Å²) in [5.41, 5.74) is 2.48. The SMILES string of the molecule is CCC1C[C@H]2CC[C@@H](C1)N2C.Cc1nc(C)c(-c2csc(Nc3ccc(C=O)cn3)n2)s1. The van der Waals surface area contributed by atoms with Gasteiger partial charge in [-0.2, -0.15) is 0 Å². The average Bonchev–Trinajstić information content (AvgIpc) is 3.43. The molecule has 2 aliphatic rings. The number of nitrogens with one attached hydrogen (secondary N) is 1. The van der Waals surface area contributed by atoms with Crippen molar-refractivity contribution in [1.82, 2.24) is 19.9 Å². The second-order valence-corrected chi connectivity index (χ2v) is 10.8. The minimum Gasteiger partial charge on any atom is -0.316 e. The molecule has 0 amide bonds. The second kappa shape index (κ2) is 10.2. The van der Waals surface area contributed by atoms with Crippen LogP contribution in [0.5, 0.6) is 0 Å². The zero-order valence-corrected chi connectivity index (χ0v) is 20.8. The zero-order valence-electron chi connectivity index (χ0n) is 19.2. The van der Waals surface area contributed by atoms with E-state index in [0.717, 1.165) is 50.7 Å². The largest absolute Gasteiger partial charge is 0.316 e. The number of nitrogens with zero attached hydrogens (tertiary/aromatic N) is 4. The van der Waals surface area contributed by atoms with Gasteiger partial charge in [-0.1, -0.05) is 13.3 Å². The third-order valence-electron chi connectivity index (χ3n) is 6.57. The summed E-state index contributed by atoms with van der Waals surface area (Å²) in [4.78, 5) is 27.5. The number of thiazole rings is 2. The fourth-order valence-electron chi connectivity index (χ4n) is 4.72. The fraction of sp³-hybridized carbons (Fsp3) is 0.500. The van der Waals surface area contributed by atoms with Gasteiger partial charge in [-0.25, -0.2) is 15.0 Å². The van der Waals surface area contributed by atoms with Crippen molar-refractivity contribution in [2.45, 2.75) is 65.0 Å². The van der Waals surface area contributed by atoms with Gasteiger partial charge in [0.1, 0.15) is 5.82 Å². The molecule has 0 spiro atoms. The van der Waals surface area contributed by atoms with Gasteiger partial charge in [0.2, 0.25) is 0 Å². The number of anilines is 2. The smallest absolute Gasteiger partial charge is 0.188 e. The number of aromatic nitrogens is 3. The summed E-state index contributed by atoms with van der Waals surface area (Å²) in [5, 5.41) is 6.94. The number of hydrogen-bond acceptors (Lipinski definition) is 8. The highest BCUT2D eigenvalue weighted by molar-refractivity contribution is 7.16. The van der Waals surface area contributed by atoms with Crippen LogP contribution in [0, 0.1) is 19.8 Å². The Morgan fingerprint density at radius 1 is 1.19 bits per heavy atom. The predicted molar refractivity (Wildman–Crippen MR) is 133 cm³/mol. The molecule has 3 aromatic heterocycles. The molecule has 0 aliphatic carbocycles. The number of rotatable bonds is 5. The van der Waals surface area contributed by atoms with E-state index < -0.39 is 0 Å². The monoisotopic (exact) mass is 469 g/mol. The highest BCUT2D eigenvalue weighted by atomic mass is 32.1. The predicted octanol–water partition coefficient (Wildman–Crippen LogP) is 6.10. The highest BCUT2D eigenvalue weighted by Gasteiger charge is 2.37. The number of aryl methyl sites for hydroxylation is 2. The van der Waals surface area contributed by atoms with E-state index in [-0.39, 0.29) is 0 Å². The van der Waals surface area contributed by atoms with Crippen LogP contribution in [0.4, 0.5) is 10.9 Å². The first-order chi connectivity index (χ1) is 15.5. The standard InChI is InChI=1S/C14H12N4OS2.C10H19N/c1-8-13(21-9(2)16-8)11-7-20-14(17-11)18-12-4-3-10(6-19)5-15-12;1-3-8-6-9-4-5-10(7-8)11(9)2/h3-7H,1-2H3,(H,15,17,18);8-10H,3-7H2,1-2H3/t;8?,9-,10+. The lowest BCUT2D eigenvalue weighted by Crippen LogP contribution is -2.39. The first kappa shape index (κ1) is 23.0. The summed E-state index contributed by atoms with van der Waals surface area (Å²) < 4.78 is 0. The Bertz CT molecular complexity index is 1030. The number of hydrogen-bond donors (Lipinski definition) is 1. The Labute approximate surface area is 198 Å². The Kier molecular flexibility index (Phi) is 7.33. The third-order valence-corrected chi connectivity index (χ3v) is 8.42. The molecule has 170 valence electrons. The van der Waals surface area contributed by atoms with Crippen LogP contribution in [-0.2, 0) is 0 Å². The maximum atomic E-state index is 10.6. The fourth-order valence-corrected chi connectivity index (χ4v) is 6.38. The van der Waals surface area contributed by atoms with Crippen LogP contribution >= 0.6 is 22.7 Å². The van der Waals surface area contributed by atoms with Gasteiger partial charge in [0, 0.05) is 29.2 Å². The van der Waals surface area contributed by atoms with Gasteiger partial charge in [0.05, 0.1) is 21.3 Å². The van der Waals surface area contributed by atoms with Crippen molar-refractivity contribution in [2.24, 2.45) is 5.92 Å². The summed E-state index contributed by atoms with van der Waals surface area (Å²) >= 11 is 3.16. The molecule has 8 heteroatoms. The van der Waals surface area contributed by atoms with Gasteiger partial charge in [-0.05, 0) is 64.6 Å². The van der Waals surface area contributed by atoms with E-state index in [0.29, 0.717) is 11.4 Å². The lowest BCUT2D eigenvalue weighted by molar-refractivity contribution is 0.112. The molecule has 32 heavy (non-hydrogen) atoms. The molecule has 2 fully saturated rings. The molecule has 2 bridgehead atoms. The van der Waals surface area contributed by atoms with Gasteiger partial charge in [0.15, 0.2) is 11.4 Å². The van der Waals surface area contributed by atoms with Crippen LogP contribution in [0.1, 0.15) is 60.1 Å². The Balaban J connectivity index is 0.000000186. The minimum atomic E-state index is 0.552. The van der Waals surface area contributed by atoms with E-state index in [1.165, 1.54) is 49.6 Å². The number of pyridine rings is 1. The van der Waals surface area contributed by atoms with Crippen molar-refractivity contribution >= 4 is 39.9 Å². The number of aldehydes is 1. The zero-order chi connectivity index (χ0) is 22.7. The van der Waals surface area contributed by atoms with Crippen molar-refractivity contribution in [2.75, 3.05) is 12.4 Å². The van der Waals surface area contributed by atoms with Crippen LogP contribution in [0.3, 0.4) is 0 Å². The van der Waals surface area contributed by atoms with E-state index in [2.05, 4.69) is 39.1 Å². The van der Waals surface area contributed by atoms with Gasteiger partial charge < -0.3 is 10.2 Å². The second-order valence-electron chi connectivity index (χ2n) is 8.70. The molecular weight excluding hydrogens is 438 g/mol. The van der Waals surface area contributed by atoms with Crippen LogP contribution in [0.25, 0.3) is 10.6 Å². The lowest BCUT2D eigenvalue weighted by Gasteiger charge is -2.35. The Morgan fingerprint density at radius 2 is 1.94 bits per heavy atom. The molecule has 0 radical (unpaired) electrons. The summed E-state index contributed by atoms with van der Waals surface area (Å²) in [6, 6.07) is 5.36. The molecule has 0 saturated carbocycles. The molecule has 1 N–H and O–H groups in total. The summed E-state index contributed by atoms with van der Waals surface area (Å²) in [6.07, 6.45) is 9.59. The van der Waals surface area contributed by atoms with Crippen molar-refractivity contribution in [1.29, 1.82) is 0 Å². The lowest BCUT2D eigenvalue weighted by atomic mass is 9.89. The maximum Gasteiger partial charge on any atom is 0.188 e. The average molecular weight is 470 g/mol. The molecule has 5 heterocycles. The maximum absolute atomic E-state index is 10.6. The first-order valence-corrected chi connectivity index (χ1v) is 13.0. The first-order valence-electron chi connectivity index (χ1n) is 11.3. The molecule has 3 aromatic rings. The quantitative estimate of drug-likeness (QED) is 0.455. The van der Waals surface area contributed by atoms with Gasteiger partial charge >= 0.3 is 0 Å². The molecule has 3 atom stereocenters. The summed E-state index contributed by atoms with van der Waals surface area (Å²) in [6.45, 7) is 6.33. The Hall–Kier alpha value is -2.16. The highest BCUT2D eigenvalue weighted by Crippen LogP contribution is 2.38. The van der Waals surface area contributed by atoms with Crippen LogP contribution < -0.4 is 5.32 Å². The van der Waals surface area contributed by atoms with E-state index in [4.69, 9.17) is 0 Å². The number of carbonyl (C=O) groups excluding carboxylic acids is 1. The molecule has 6 nitrogen and oxygen atoms in total. The van der Waals surface area contributed by atoms with Crippen molar-refractivity contribution in [3.63, 3.8) is 0 Å². The summed E-state index contributed by atoms with van der Waals surface area (Å²) in [7, 11) is 2.31. The number of carbonyl (C=O) groups is 1.